The van der Waals surface area contributed by atoms with Crippen LogP contribution in [0.1, 0.15) is 28.8 Å². The molecule has 0 atom stereocenters. The Morgan fingerprint density at radius 2 is 1.66 bits per heavy atom. The predicted molar refractivity (Wildman–Crippen MR) is 121 cm³/mol. The number of hydrogen-bond donors (Lipinski definition) is 2. The predicted octanol–water partition coefficient (Wildman–Crippen LogP) is 2.49. The number of sulfonamides is 1. The lowest BCUT2D eigenvalue weighted by Gasteiger charge is -2.15. The molecule has 0 radical (unpaired) electrons. The van der Waals surface area contributed by atoms with E-state index in [1.54, 1.807) is 12.3 Å². The van der Waals surface area contributed by atoms with E-state index in [9.17, 15) is 18.0 Å². The number of rotatable bonds is 5. The van der Waals surface area contributed by atoms with Crippen LogP contribution in [0.15, 0.2) is 71.8 Å². The molecular weight excluding hydrogens is 428 g/mol. The highest BCUT2D eigenvalue weighted by molar-refractivity contribution is 7.89. The van der Waals surface area contributed by atoms with Crippen LogP contribution in [0.4, 0.5) is 0 Å². The summed E-state index contributed by atoms with van der Waals surface area (Å²) in [6.45, 7) is 1.03. The number of benzene rings is 2. The summed E-state index contributed by atoms with van der Waals surface area (Å²) in [6.07, 6.45) is 6.31. The first-order valence-corrected chi connectivity index (χ1v) is 11.6. The average Bonchev–Trinajstić information content (AvgIpc) is 3.37. The second kappa shape index (κ2) is 9.29. The van der Waals surface area contributed by atoms with Gasteiger partial charge in [0.05, 0.1) is 10.4 Å². The van der Waals surface area contributed by atoms with E-state index in [2.05, 4.69) is 15.8 Å². The maximum Gasteiger partial charge on any atom is 0.269 e. The van der Waals surface area contributed by atoms with Crippen LogP contribution in [-0.4, -0.2) is 42.6 Å². The molecule has 1 aromatic heterocycles. The lowest BCUT2D eigenvalue weighted by atomic mass is 10.1. The van der Waals surface area contributed by atoms with Crippen molar-refractivity contribution >= 4 is 38.8 Å². The number of hydrogen-bond acceptors (Lipinski definition) is 5. The molecule has 4 rings (SSSR count). The summed E-state index contributed by atoms with van der Waals surface area (Å²) in [5, 5.41) is 0.957. The number of amides is 2. The number of nitrogens with one attached hydrogen (secondary N) is 2. The molecule has 2 aromatic carbocycles. The average molecular weight is 451 g/mol. The van der Waals surface area contributed by atoms with Crippen molar-refractivity contribution in [2.75, 3.05) is 13.1 Å². The summed E-state index contributed by atoms with van der Waals surface area (Å²) >= 11 is 0. The van der Waals surface area contributed by atoms with Crippen molar-refractivity contribution in [2.45, 2.75) is 17.7 Å². The zero-order chi connectivity index (χ0) is 22.6. The number of pyridine rings is 1. The maximum atomic E-state index is 12.6. The summed E-state index contributed by atoms with van der Waals surface area (Å²) in [7, 11) is -3.54. The SMILES string of the molecule is O=C(/C=C/c1cccc2cccnc12)NNC(=O)c1ccc(S(=O)(=O)N2CCCC2)cc1. The van der Waals surface area contributed by atoms with Gasteiger partial charge < -0.3 is 0 Å². The number of carbonyl (C=O) groups is 2. The van der Waals surface area contributed by atoms with Gasteiger partial charge in [-0.25, -0.2) is 8.42 Å². The van der Waals surface area contributed by atoms with Crippen molar-refractivity contribution in [3.05, 3.63) is 78.0 Å². The van der Waals surface area contributed by atoms with Crippen LogP contribution in [0.5, 0.6) is 0 Å². The first kappa shape index (κ1) is 21.7. The van der Waals surface area contributed by atoms with Crippen LogP contribution in [-0.2, 0) is 14.8 Å². The largest absolute Gasteiger partial charge is 0.269 e. The van der Waals surface area contributed by atoms with E-state index >= 15 is 0 Å². The van der Waals surface area contributed by atoms with Gasteiger partial charge in [0.25, 0.3) is 11.8 Å². The van der Waals surface area contributed by atoms with E-state index in [4.69, 9.17) is 0 Å². The summed E-state index contributed by atoms with van der Waals surface area (Å²) in [4.78, 5) is 28.9. The summed E-state index contributed by atoms with van der Waals surface area (Å²) < 4.78 is 26.6. The van der Waals surface area contributed by atoms with Crippen molar-refractivity contribution in [3.8, 4) is 0 Å². The lowest BCUT2D eigenvalue weighted by molar-refractivity contribution is -0.117. The van der Waals surface area contributed by atoms with Gasteiger partial charge in [-0.1, -0.05) is 24.3 Å². The topological polar surface area (TPSA) is 108 Å². The van der Waals surface area contributed by atoms with Gasteiger partial charge in [-0.15, -0.1) is 0 Å². The Balaban J connectivity index is 1.36. The fraction of sp³-hybridized carbons (Fsp3) is 0.174. The van der Waals surface area contributed by atoms with Crippen molar-refractivity contribution in [1.29, 1.82) is 0 Å². The molecule has 1 aliphatic rings. The number of carbonyl (C=O) groups excluding carboxylic acids is 2. The molecule has 0 spiro atoms. The molecule has 32 heavy (non-hydrogen) atoms. The van der Waals surface area contributed by atoms with Crippen LogP contribution in [0.25, 0.3) is 17.0 Å². The van der Waals surface area contributed by atoms with Crippen molar-refractivity contribution in [1.82, 2.24) is 20.1 Å². The number of nitrogens with zero attached hydrogens (tertiary/aromatic N) is 2. The van der Waals surface area contributed by atoms with Crippen molar-refractivity contribution in [3.63, 3.8) is 0 Å². The second-order valence-corrected chi connectivity index (χ2v) is 9.27. The quantitative estimate of drug-likeness (QED) is 0.459. The van der Waals surface area contributed by atoms with E-state index < -0.39 is 21.8 Å². The lowest BCUT2D eigenvalue weighted by Crippen LogP contribution is -2.40. The highest BCUT2D eigenvalue weighted by Crippen LogP contribution is 2.21. The minimum atomic E-state index is -3.54. The standard InChI is InChI=1S/C23H22N4O4S/c28-21(13-10-18-6-3-5-17-7-4-14-24-22(17)18)25-26-23(29)19-8-11-20(12-9-19)32(30,31)27-15-1-2-16-27/h3-14H,1-2,15-16H2,(H,25,28)(H,26,29)/b13-10+. The fourth-order valence-corrected chi connectivity index (χ4v) is 5.03. The van der Waals surface area contributed by atoms with Gasteiger partial charge in [0, 0.05) is 41.9 Å². The van der Waals surface area contributed by atoms with Gasteiger partial charge in [0.15, 0.2) is 0 Å². The zero-order valence-electron chi connectivity index (χ0n) is 17.2. The Hall–Kier alpha value is -3.56. The minimum Gasteiger partial charge on any atom is -0.268 e. The molecule has 9 heteroatoms. The summed E-state index contributed by atoms with van der Waals surface area (Å²) in [5.74, 6) is -1.07. The molecule has 1 saturated heterocycles. The van der Waals surface area contributed by atoms with Gasteiger partial charge in [0.1, 0.15) is 0 Å². The Labute approximate surface area is 186 Å². The highest BCUT2D eigenvalue weighted by atomic mass is 32.2. The van der Waals surface area contributed by atoms with Crippen LogP contribution >= 0.6 is 0 Å². The number of para-hydroxylation sites is 1. The molecule has 0 unspecified atom stereocenters. The van der Waals surface area contributed by atoms with Gasteiger partial charge in [-0.2, -0.15) is 4.31 Å². The maximum absolute atomic E-state index is 12.6. The van der Waals surface area contributed by atoms with Crippen LogP contribution in [0, 0.1) is 0 Å². The molecule has 1 aliphatic heterocycles. The van der Waals surface area contributed by atoms with Crippen molar-refractivity contribution < 1.29 is 18.0 Å². The Morgan fingerprint density at radius 3 is 2.41 bits per heavy atom. The molecule has 0 saturated carbocycles. The second-order valence-electron chi connectivity index (χ2n) is 7.33. The number of hydrazine groups is 1. The molecule has 1 fully saturated rings. The Bertz CT molecular complexity index is 1280. The first-order valence-electron chi connectivity index (χ1n) is 10.2. The van der Waals surface area contributed by atoms with Gasteiger partial charge in [-0.3, -0.25) is 25.4 Å². The van der Waals surface area contributed by atoms with Crippen LogP contribution in [0.2, 0.25) is 0 Å². The summed E-state index contributed by atoms with van der Waals surface area (Å²) in [5.41, 5.74) is 6.41. The number of aromatic nitrogens is 1. The third kappa shape index (κ3) is 4.68. The van der Waals surface area contributed by atoms with E-state index in [-0.39, 0.29) is 10.5 Å². The third-order valence-electron chi connectivity index (χ3n) is 5.20. The molecule has 2 amide bonds. The molecule has 8 nitrogen and oxygen atoms in total. The Morgan fingerprint density at radius 1 is 0.938 bits per heavy atom. The zero-order valence-corrected chi connectivity index (χ0v) is 18.0. The molecule has 0 bridgehead atoms. The third-order valence-corrected chi connectivity index (χ3v) is 7.11. The molecule has 2 N–H and O–H groups in total. The molecular formula is C23H22N4O4S. The highest BCUT2D eigenvalue weighted by Gasteiger charge is 2.27. The number of fused-ring (bicyclic) bond motifs is 1. The molecule has 2 heterocycles. The summed E-state index contributed by atoms with van der Waals surface area (Å²) in [6, 6.07) is 15.1. The van der Waals surface area contributed by atoms with E-state index in [1.165, 1.54) is 34.6 Å². The van der Waals surface area contributed by atoms with Gasteiger partial charge in [0.2, 0.25) is 10.0 Å². The normalized spacial score (nSPS) is 14.6. The Kier molecular flexibility index (Phi) is 6.29. The molecule has 164 valence electrons. The molecule has 0 aliphatic carbocycles. The van der Waals surface area contributed by atoms with Crippen LogP contribution < -0.4 is 10.9 Å². The van der Waals surface area contributed by atoms with E-state index in [0.29, 0.717) is 13.1 Å². The van der Waals surface area contributed by atoms with Crippen molar-refractivity contribution in [2.24, 2.45) is 0 Å². The van der Waals surface area contributed by atoms with Gasteiger partial charge in [-0.05, 0) is 49.2 Å². The van der Waals surface area contributed by atoms with E-state index in [0.717, 1.165) is 29.3 Å². The van der Waals surface area contributed by atoms with E-state index in [1.807, 2.05) is 30.3 Å². The monoisotopic (exact) mass is 450 g/mol. The van der Waals surface area contributed by atoms with Crippen LogP contribution in [0.3, 0.4) is 0 Å². The molecule has 3 aromatic rings. The first-order chi connectivity index (χ1) is 15.4. The fourth-order valence-electron chi connectivity index (χ4n) is 3.52. The van der Waals surface area contributed by atoms with Gasteiger partial charge >= 0.3 is 0 Å². The smallest absolute Gasteiger partial charge is 0.268 e. The minimum absolute atomic E-state index is 0.145.